The maximum absolute atomic E-state index is 5.75. The average molecular weight is 290 g/mol. The van der Waals surface area contributed by atoms with Crippen LogP contribution in [0.25, 0.3) is 0 Å². The van der Waals surface area contributed by atoms with Crippen molar-refractivity contribution in [3.8, 4) is 0 Å². The van der Waals surface area contributed by atoms with Gasteiger partial charge in [0.2, 0.25) is 0 Å². The standard InChI is InChI=1S/C17H26N2O2/c1-2-5-15(6-3-1)18-16-8-9-19(13-16)10-12-20-14-17-7-4-11-21-17/h1-3,5-6,16-18H,4,7-14H2. The van der Waals surface area contributed by atoms with Crippen LogP contribution in [-0.2, 0) is 9.47 Å². The van der Waals surface area contributed by atoms with Gasteiger partial charge >= 0.3 is 0 Å². The van der Waals surface area contributed by atoms with Gasteiger partial charge in [-0.3, -0.25) is 4.90 Å². The summed E-state index contributed by atoms with van der Waals surface area (Å²) < 4.78 is 11.3. The minimum atomic E-state index is 0.344. The Morgan fingerprint density at radius 3 is 2.95 bits per heavy atom. The molecule has 2 atom stereocenters. The zero-order valence-electron chi connectivity index (χ0n) is 12.7. The van der Waals surface area contributed by atoms with Crippen LogP contribution >= 0.6 is 0 Å². The maximum atomic E-state index is 5.75. The Morgan fingerprint density at radius 2 is 2.14 bits per heavy atom. The maximum Gasteiger partial charge on any atom is 0.0809 e. The zero-order valence-corrected chi connectivity index (χ0v) is 12.7. The Labute approximate surface area is 127 Å². The summed E-state index contributed by atoms with van der Waals surface area (Å²) in [4.78, 5) is 2.48. The van der Waals surface area contributed by atoms with Crippen molar-refractivity contribution in [3.63, 3.8) is 0 Å². The van der Waals surface area contributed by atoms with E-state index in [1.54, 1.807) is 0 Å². The van der Waals surface area contributed by atoms with Crippen molar-refractivity contribution in [3.05, 3.63) is 30.3 Å². The molecule has 0 amide bonds. The van der Waals surface area contributed by atoms with E-state index in [0.717, 1.165) is 45.9 Å². The number of benzene rings is 1. The van der Waals surface area contributed by atoms with E-state index in [1.165, 1.54) is 18.5 Å². The van der Waals surface area contributed by atoms with Crippen LogP contribution in [0.4, 0.5) is 5.69 Å². The molecule has 0 aliphatic carbocycles. The van der Waals surface area contributed by atoms with Crippen LogP contribution in [-0.4, -0.2) is 56.5 Å². The molecule has 0 spiro atoms. The fourth-order valence-corrected chi connectivity index (χ4v) is 3.11. The summed E-state index contributed by atoms with van der Waals surface area (Å²) in [6.45, 7) is 5.79. The van der Waals surface area contributed by atoms with E-state index >= 15 is 0 Å². The molecule has 1 N–H and O–H groups in total. The number of anilines is 1. The molecule has 4 nitrogen and oxygen atoms in total. The first kappa shape index (κ1) is 14.8. The molecule has 21 heavy (non-hydrogen) atoms. The van der Waals surface area contributed by atoms with E-state index < -0.39 is 0 Å². The largest absolute Gasteiger partial charge is 0.381 e. The van der Waals surface area contributed by atoms with Crippen molar-refractivity contribution in [2.75, 3.05) is 44.8 Å². The van der Waals surface area contributed by atoms with Gasteiger partial charge < -0.3 is 14.8 Å². The SMILES string of the molecule is c1ccc(NC2CCN(CCOCC3CCCO3)C2)cc1. The van der Waals surface area contributed by atoms with Gasteiger partial charge in [0.25, 0.3) is 0 Å². The molecule has 2 aliphatic rings. The van der Waals surface area contributed by atoms with Crippen LogP contribution in [0, 0.1) is 0 Å². The molecular weight excluding hydrogens is 264 g/mol. The van der Waals surface area contributed by atoms with E-state index in [-0.39, 0.29) is 0 Å². The molecular formula is C17H26N2O2. The third-order valence-corrected chi connectivity index (χ3v) is 4.30. The van der Waals surface area contributed by atoms with Gasteiger partial charge in [-0.2, -0.15) is 0 Å². The molecule has 3 rings (SSSR count). The summed E-state index contributed by atoms with van der Waals surface area (Å²) in [5.41, 5.74) is 1.22. The molecule has 2 heterocycles. The van der Waals surface area contributed by atoms with Gasteiger partial charge in [-0.05, 0) is 31.4 Å². The molecule has 1 aromatic rings. The summed E-state index contributed by atoms with van der Waals surface area (Å²) in [5, 5.41) is 3.60. The topological polar surface area (TPSA) is 33.7 Å². The van der Waals surface area contributed by atoms with Crippen LogP contribution in [0.3, 0.4) is 0 Å². The number of hydrogen-bond donors (Lipinski definition) is 1. The second-order valence-electron chi connectivity index (χ2n) is 6.01. The number of nitrogens with zero attached hydrogens (tertiary/aromatic N) is 1. The Morgan fingerprint density at radius 1 is 1.24 bits per heavy atom. The van der Waals surface area contributed by atoms with Gasteiger partial charge in [0, 0.05) is 38.0 Å². The van der Waals surface area contributed by atoms with E-state index in [0.29, 0.717) is 12.1 Å². The quantitative estimate of drug-likeness (QED) is 0.782. The Kier molecular flexibility index (Phi) is 5.49. The first-order valence-corrected chi connectivity index (χ1v) is 8.13. The number of rotatable bonds is 7. The van der Waals surface area contributed by atoms with Gasteiger partial charge in [0.1, 0.15) is 0 Å². The third kappa shape index (κ3) is 4.70. The van der Waals surface area contributed by atoms with Crippen molar-refractivity contribution in [1.82, 2.24) is 4.90 Å². The van der Waals surface area contributed by atoms with Gasteiger partial charge in [-0.15, -0.1) is 0 Å². The highest BCUT2D eigenvalue weighted by molar-refractivity contribution is 5.43. The molecule has 2 fully saturated rings. The van der Waals surface area contributed by atoms with Crippen molar-refractivity contribution >= 4 is 5.69 Å². The van der Waals surface area contributed by atoms with Crippen LogP contribution in [0.1, 0.15) is 19.3 Å². The lowest BCUT2D eigenvalue weighted by atomic mass is 10.2. The second kappa shape index (κ2) is 7.78. The molecule has 0 saturated carbocycles. The van der Waals surface area contributed by atoms with Gasteiger partial charge in [-0.1, -0.05) is 18.2 Å². The van der Waals surface area contributed by atoms with Crippen LogP contribution in [0.15, 0.2) is 30.3 Å². The number of ether oxygens (including phenoxy) is 2. The summed E-state index contributed by atoms with van der Waals surface area (Å²) in [7, 11) is 0. The minimum Gasteiger partial charge on any atom is -0.381 e. The number of para-hydroxylation sites is 1. The highest BCUT2D eigenvalue weighted by Gasteiger charge is 2.22. The Bertz CT molecular complexity index is 407. The molecule has 2 unspecified atom stereocenters. The minimum absolute atomic E-state index is 0.344. The zero-order chi connectivity index (χ0) is 14.3. The molecule has 4 heteroatoms. The molecule has 0 radical (unpaired) electrons. The highest BCUT2D eigenvalue weighted by atomic mass is 16.5. The third-order valence-electron chi connectivity index (χ3n) is 4.30. The summed E-state index contributed by atoms with van der Waals surface area (Å²) >= 11 is 0. The molecule has 116 valence electrons. The van der Waals surface area contributed by atoms with E-state index in [4.69, 9.17) is 9.47 Å². The van der Waals surface area contributed by atoms with Gasteiger partial charge in [-0.25, -0.2) is 0 Å². The molecule has 1 aromatic carbocycles. The van der Waals surface area contributed by atoms with Gasteiger partial charge in [0.05, 0.1) is 19.3 Å². The predicted molar refractivity (Wildman–Crippen MR) is 84.7 cm³/mol. The Balaban J connectivity index is 1.29. The summed E-state index contributed by atoms with van der Waals surface area (Å²) in [5.74, 6) is 0. The highest BCUT2D eigenvalue weighted by Crippen LogP contribution is 2.15. The van der Waals surface area contributed by atoms with Gasteiger partial charge in [0.15, 0.2) is 0 Å². The van der Waals surface area contributed by atoms with E-state index in [9.17, 15) is 0 Å². The number of nitrogens with one attached hydrogen (secondary N) is 1. The van der Waals surface area contributed by atoms with E-state index in [2.05, 4.69) is 40.5 Å². The predicted octanol–water partition coefficient (Wildman–Crippen LogP) is 2.37. The summed E-state index contributed by atoms with van der Waals surface area (Å²) in [6.07, 6.45) is 3.90. The van der Waals surface area contributed by atoms with Crippen molar-refractivity contribution in [1.29, 1.82) is 0 Å². The molecule has 0 bridgehead atoms. The average Bonchev–Trinajstić information content (AvgIpc) is 3.17. The fraction of sp³-hybridized carbons (Fsp3) is 0.647. The smallest absolute Gasteiger partial charge is 0.0809 e. The van der Waals surface area contributed by atoms with Crippen molar-refractivity contribution < 1.29 is 9.47 Å². The second-order valence-corrected chi connectivity index (χ2v) is 6.01. The Hall–Kier alpha value is -1.10. The molecule has 2 saturated heterocycles. The van der Waals surface area contributed by atoms with Crippen molar-refractivity contribution in [2.24, 2.45) is 0 Å². The number of likely N-dealkylation sites (tertiary alicyclic amines) is 1. The number of hydrogen-bond acceptors (Lipinski definition) is 4. The monoisotopic (exact) mass is 290 g/mol. The normalized spacial score (nSPS) is 26.3. The van der Waals surface area contributed by atoms with Crippen LogP contribution in [0.5, 0.6) is 0 Å². The van der Waals surface area contributed by atoms with Crippen LogP contribution in [0.2, 0.25) is 0 Å². The lowest BCUT2D eigenvalue weighted by Gasteiger charge is -2.18. The lowest BCUT2D eigenvalue weighted by molar-refractivity contribution is 0.0119. The fourth-order valence-electron chi connectivity index (χ4n) is 3.11. The van der Waals surface area contributed by atoms with Crippen molar-refractivity contribution in [2.45, 2.75) is 31.4 Å². The first-order valence-electron chi connectivity index (χ1n) is 8.13. The van der Waals surface area contributed by atoms with E-state index in [1.807, 2.05) is 0 Å². The molecule has 2 aliphatic heterocycles. The summed E-state index contributed by atoms with van der Waals surface area (Å²) in [6, 6.07) is 11.0. The lowest BCUT2D eigenvalue weighted by Crippen LogP contribution is -2.29. The first-order chi connectivity index (χ1) is 10.4. The molecule has 0 aromatic heterocycles. The van der Waals surface area contributed by atoms with Crippen LogP contribution < -0.4 is 5.32 Å².